The fraction of sp³-hybridized carbons (Fsp3) is 0.500. The highest BCUT2D eigenvalue weighted by atomic mass is 35.5. The van der Waals surface area contributed by atoms with Gasteiger partial charge < -0.3 is 10.1 Å². The molecule has 0 aromatic carbocycles. The van der Waals surface area contributed by atoms with Crippen LogP contribution in [0.25, 0.3) is 0 Å². The lowest BCUT2D eigenvalue weighted by Crippen LogP contribution is -2.37. The average Bonchev–Trinajstić information content (AvgIpc) is 2.52. The first-order valence-corrected chi connectivity index (χ1v) is 4.84. The third-order valence-electron chi connectivity index (χ3n) is 1.93. The minimum atomic E-state index is -0.895. The number of carbonyl (C=O) groups is 1. The minimum absolute atomic E-state index is 0. The summed E-state index contributed by atoms with van der Waals surface area (Å²) in [6, 6.07) is -0.630. The standard InChI is InChI=1S/C8H13N3O2S.2ClH/c1-5-6(11-4-10-5)2-9-7(3-14)8(12)13;;/h4,7,9,14H,2-3H2,1H3,(H,10,11)(H,12,13);2*1H/t7-;;/m1../s1. The van der Waals surface area contributed by atoms with E-state index in [1.165, 1.54) is 0 Å². The number of nitrogens with zero attached hydrogens (tertiary/aromatic N) is 1. The number of imidazole rings is 1. The number of aryl methyl sites for hydroxylation is 1. The molecule has 1 rings (SSSR count). The van der Waals surface area contributed by atoms with Crippen LogP contribution in [0.5, 0.6) is 0 Å². The van der Waals surface area contributed by atoms with Crippen LogP contribution in [0, 0.1) is 6.92 Å². The summed E-state index contributed by atoms with van der Waals surface area (Å²) in [6.07, 6.45) is 1.59. The first kappa shape index (κ1) is 17.9. The molecule has 0 unspecified atom stereocenters. The fourth-order valence-electron chi connectivity index (χ4n) is 1.02. The number of H-pyrrole nitrogens is 1. The summed E-state index contributed by atoms with van der Waals surface area (Å²) in [4.78, 5) is 17.6. The Morgan fingerprint density at radius 1 is 1.69 bits per heavy atom. The third-order valence-corrected chi connectivity index (χ3v) is 2.30. The number of rotatable bonds is 5. The van der Waals surface area contributed by atoms with Crippen LogP contribution in [0.4, 0.5) is 0 Å². The molecule has 94 valence electrons. The third kappa shape index (κ3) is 5.07. The molecule has 0 amide bonds. The van der Waals surface area contributed by atoms with Gasteiger partial charge in [-0.25, -0.2) is 4.98 Å². The van der Waals surface area contributed by atoms with Gasteiger partial charge in [-0.15, -0.1) is 24.8 Å². The van der Waals surface area contributed by atoms with Gasteiger partial charge in [0.2, 0.25) is 0 Å². The van der Waals surface area contributed by atoms with Crippen LogP contribution in [0.2, 0.25) is 0 Å². The van der Waals surface area contributed by atoms with Crippen molar-refractivity contribution < 1.29 is 9.90 Å². The second kappa shape index (κ2) is 8.69. The largest absolute Gasteiger partial charge is 0.480 e. The normalized spacial score (nSPS) is 11.1. The van der Waals surface area contributed by atoms with Gasteiger partial charge in [-0.2, -0.15) is 12.6 Å². The molecule has 0 fully saturated rings. The molecule has 1 heterocycles. The molecule has 5 nitrogen and oxygen atoms in total. The van der Waals surface area contributed by atoms with Gasteiger partial charge in [0.25, 0.3) is 0 Å². The predicted octanol–water partition coefficient (Wildman–Crippen LogP) is 1.03. The Kier molecular flexibility index (Phi) is 9.75. The summed E-state index contributed by atoms with van der Waals surface area (Å²) in [5.74, 6) is -0.632. The highest BCUT2D eigenvalue weighted by Crippen LogP contribution is 2.00. The van der Waals surface area contributed by atoms with Gasteiger partial charge in [0.15, 0.2) is 0 Å². The molecule has 0 radical (unpaired) electrons. The lowest BCUT2D eigenvalue weighted by Gasteiger charge is -2.10. The zero-order chi connectivity index (χ0) is 10.6. The van der Waals surface area contributed by atoms with Gasteiger partial charge >= 0.3 is 5.97 Å². The minimum Gasteiger partial charge on any atom is -0.480 e. The van der Waals surface area contributed by atoms with Crippen molar-refractivity contribution in [3.8, 4) is 0 Å². The second-order valence-corrected chi connectivity index (χ2v) is 3.29. The lowest BCUT2D eigenvalue weighted by molar-refractivity contribution is -0.138. The monoisotopic (exact) mass is 287 g/mol. The number of aromatic amines is 1. The van der Waals surface area contributed by atoms with E-state index in [1.54, 1.807) is 6.33 Å². The van der Waals surface area contributed by atoms with Crippen LogP contribution in [-0.4, -0.2) is 32.8 Å². The summed E-state index contributed by atoms with van der Waals surface area (Å²) < 4.78 is 0. The number of thiol groups is 1. The Labute approximate surface area is 112 Å². The number of nitrogens with one attached hydrogen (secondary N) is 2. The molecule has 1 atom stereocenters. The fourth-order valence-corrected chi connectivity index (χ4v) is 1.30. The smallest absolute Gasteiger partial charge is 0.321 e. The maximum Gasteiger partial charge on any atom is 0.321 e. The van der Waals surface area contributed by atoms with Gasteiger partial charge in [0.05, 0.1) is 12.0 Å². The van der Waals surface area contributed by atoms with E-state index in [0.717, 1.165) is 11.4 Å². The van der Waals surface area contributed by atoms with Crippen LogP contribution in [-0.2, 0) is 11.3 Å². The van der Waals surface area contributed by atoms with Crippen LogP contribution in [0.1, 0.15) is 11.4 Å². The van der Waals surface area contributed by atoms with E-state index in [4.69, 9.17) is 5.11 Å². The molecule has 1 aromatic rings. The first-order chi connectivity index (χ1) is 6.65. The molecule has 0 bridgehead atoms. The molecule has 0 saturated heterocycles. The SMILES string of the molecule is Cc1[nH]cnc1CN[C@H](CS)C(=O)O.Cl.Cl. The van der Waals surface area contributed by atoms with Crippen molar-refractivity contribution in [1.82, 2.24) is 15.3 Å². The van der Waals surface area contributed by atoms with Gasteiger partial charge in [0, 0.05) is 18.0 Å². The van der Waals surface area contributed by atoms with Crippen LogP contribution in [0.3, 0.4) is 0 Å². The number of hydrogen-bond acceptors (Lipinski definition) is 4. The van der Waals surface area contributed by atoms with E-state index in [-0.39, 0.29) is 30.6 Å². The number of halogens is 2. The summed E-state index contributed by atoms with van der Waals surface area (Å²) in [5, 5.41) is 11.6. The Hall–Kier alpha value is -0.430. The molecule has 8 heteroatoms. The summed E-state index contributed by atoms with van der Waals surface area (Å²) >= 11 is 3.94. The molecular formula is C8H15Cl2N3O2S. The van der Waals surface area contributed by atoms with Gasteiger partial charge in [-0.05, 0) is 6.92 Å². The van der Waals surface area contributed by atoms with E-state index >= 15 is 0 Å². The van der Waals surface area contributed by atoms with E-state index in [2.05, 4.69) is 27.9 Å². The van der Waals surface area contributed by atoms with Gasteiger partial charge in [-0.1, -0.05) is 0 Å². The van der Waals surface area contributed by atoms with Crippen LogP contribution < -0.4 is 5.32 Å². The number of aromatic nitrogens is 2. The molecular weight excluding hydrogens is 273 g/mol. The molecule has 16 heavy (non-hydrogen) atoms. The molecule has 0 aliphatic rings. The van der Waals surface area contributed by atoms with Crippen molar-refractivity contribution in [3.63, 3.8) is 0 Å². The quantitative estimate of drug-likeness (QED) is 0.610. The van der Waals surface area contributed by atoms with Crippen molar-refractivity contribution in [3.05, 3.63) is 17.7 Å². The summed E-state index contributed by atoms with van der Waals surface area (Å²) in [5.41, 5.74) is 1.78. The molecule has 0 saturated carbocycles. The predicted molar refractivity (Wildman–Crippen MR) is 69.9 cm³/mol. The maximum atomic E-state index is 10.6. The van der Waals surface area contributed by atoms with Crippen molar-refractivity contribution >= 4 is 43.4 Å². The topological polar surface area (TPSA) is 78.0 Å². The lowest BCUT2D eigenvalue weighted by atomic mass is 10.3. The van der Waals surface area contributed by atoms with Crippen LogP contribution >= 0.6 is 37.4 Å². The van der Waals surface area contributed by atoms with E-state index < -0.39 is 12.0 Å². The maximum absolute atomic E-state index is 10.6. The van der Waals surface area contributed by atoms with Gasteiger partial charge in [-0.3, -0.25) is 10.1 Å². The van der Waals surface area contributed by atoms with Gasteiger partial charge in [0.1, 0.15) is 6.04 Å². The van der Waals surface area contributed by atoms with E-state index in [9.17, 15) is 4.79 Å². The molecule has 0 aliphatic carbocycles. The van der Waals surface area contributed by atoms with Crippen molar-refractivity contribution in [2.75, 3.05) is 5.75 Å². The highest BCUT2D eigenvalue weighted by molar-refractivity contribution is 7.80. The molecule has 3 N–H and O–H groups in total. The first-order valence-electron chi connectivity index (χ1n) is 4.21. The Morgan fingerprint density at radius 3 is 2.69 bits per heavy atom. The molecule has 1 aromatic heterocycles. The molecule has 0 aliphatic heterocycles. The number of hydrogen-bond donors (Lipinski definition) is 4. The highest BCUT2D eigenvalue weighted by Gasteiger charge is 2.14. The van der Waals surface area contributed by atoms with Crippen molar-refractivity contribution in [2.24, 2.45) is 0 Å². The van der Waals surface area contributed by atoms with Crippen LogP contribution in [0.15, 0.2) is 6.33 Å². The zero-order valence-electron chi connectivity index (χ0n) is 8.64. The Morgan fingerprint density at radius 2 is 2.31 bits per heavy atom. The number of carboxylic acids is 1. The Balaban J connectivity index is 0. The van der Waals surface area contributed by atoms with Crippen molar-refractivity contribution in [2.45, 2.75) is 19.5 Å². The van der Waals surface area contributed by atoms with E-state index in [1.807, 2.05) is 6.92 Å². The van der Waals surface area contributed by atoms with E-state index in [0.29, 0.717) is 6.54 Å². The van der Waals surface area contributed by atoms with Crippen molar-refractivity contribution in [1.29, 1.82) is 0 Å². The number of carboxylic acid groups (broad SMARTS) is 1. The summed E-state index contributed by atoms with van der Waals surface area (Å²) in [6.45, 7) is 2.33. The number of aliphatic carboxylic acids is 1. The molecule has 0 spiro atoms. The average molecular weight is 288 g/mol. The Bertz CT molecular complexity index is 322. The summed E-state index contributed by atoms with van der Waals surface area (Å²) in [7, 11) is 0. The zero-order valence-corrected chi connectivity index (χ0v) is 11.2. The second-order valence-electron chi connectivity index (χ2n) is 2.93.